The van der Waals surface area contributed by atoms with Crippen LogP contribution in [-0.2, 0) is 13.1 Å². The van der Waals surface area contributed by atoms with Crippen molar-refractivity contribution in [2.24, 2.45) is 0 Å². The number of methoxy groups -OCH3 is 1. The summed E-state index contributed by atoms with van der Waals surface area (Å²) in [5.41, 5.74) is 1.42. The van der Waals surface area contributed by atoms with Crippen LogP contribution in [0.1, 0.15) is 36.8 Å². The summed E-state index contributed by atoms with van der Waals surface area (Å²) in [6, 6.07) is 11.2. The van der Waals surface area contributed by atoms with Crippen molar-refractivity contribution < 1.29 is 19.3 Å². The van der Waals surface area contributed by atoms with Gasteiger partial charge in [0.05, 0.1) is 35.6 Å². The SMILES string of the molecule is COc1cc(CN2CCC[C@](O)(COc3ccc(Cl)c(Cl)c3)CC2)ccc1OCCCn1cc(C)cn1. The van der Waals surface area contributed by atoms with E-state index in [0.717, 1.165) is 61.6 Å². The monoisotopic (exact) mass is 547 g/mol. The van der Waals surface area contributed by atoms with Gasteiger partial charge in [-0.25, -0.2) is 0 Å². The highest BCUT2D eigenvalue weighted by Crippen LogP contribution is 2.31. The van der Waals surface area contributed by atoms with Gasteiger partial charge in [0.15, 0.2) is 11.5 Å². The number of benzene rings is 2. The molecule has 37 heavy (non-hydrogen) atoms. The standard InChI is InChI=1S/C28H35Cl2N3O4/c1-21-17-31-33(18-21)12-4-14-36-26-8-5-22(15-27(26)35-2)19-32-11-3-9-28(34,10-13-32)20-37-23-6-7-24(29)25(30)16-23/h5-8,15-18,34H,3-4,9-14,19-20H2,1-2H3/t28-/m1/s1. The van der Waals surface area contributed by atoms with Crippen LogP contribution in [-0.4, -0.2) is 58.8 Å². The van der Waals surface area contributed by atoms with Gasteiger partial charge in [-0.1, -0.05) is 29.3 Å². The first-order valence-electron chi connectivity index (χ1n) is 12.6. The lowest BCUT2D eigenvalue weighted by Gasteiger charge is -2.27. The van der Waals surface area contributed by atoms with E-state index in [1.165, 1.54) is 0 Å². The summed E-state index contributed by atoms with van der Waals surface area (Å²) in [6.45, 7) is 6.11. The summed E-state index contributed by atoms with van der Waals surface area (Å²) in [4.78, 5) is 2.36. The van der Waals surface area contributed by atoms with Gasteiger partial charge in [-0.05, 0) is 68.1 Å². The molecule has 1 aliphatic heterocycles. The van der Waals surface area contributed by atoms with E-state index in [9.17, 15) is 5.11 Å². The fourth-order valence-corrected chi connectivity index (χ4v) is 4.80. The van der Waals surface area contributed by atoms with Crippen molar-refractivity contribution in [2.45, 2.75) is 51.3 Å². The van der Waals surface area contributed by atoms with Crippen molar-refractivity contribution in [2.75, 3.05) is 33.4 Å². The van der Waals surface area contributed by atoms with Gasteiger partial charge in [0, 0.05) is 38.3 Å². The first-order valence-corrected chi connectivity index (χ1v) is 13.4. The molecule has 1 atom stereocenters. The molecule has 0 bridgehead atoms. The highest BCUT2D eigenvalue weighted by molar-refractivity contribution is 6.42. The molecule has 0 radical (unpaired) electrons. The average molecular weight is 549 g/mol. The molecule has 0 unspecified atom stereocenters. The fraction of sp³-hybridized carbons (Fsp3) is 0.464. The Kier molecular flexibility index (Phi) is 9.60. The molecule has 0 spiro atoms. The Bertz CT molecular complexity index is 1170. The number of likely N-dealkylation sites (tertiary alicyclic amines) is 1. The van der Waals surface area contributed by atoms with E-state index in [-0.39, 0.29) is 6.61 Å². The zero-order chi connectivity index (χ0) is 26.3. The average Bonchev–Trinajstić information content (AvgIpc) is 3.21. The Hall–Kier alpha value is -2.45. The lowest BCUT2D eigenvalue weighted by molar-refractivity contribution is -0.0168. The summed E-state index contributed by atoms with van der Waals surface area (Å²) in [6.07, 6.45) is 6.94. The molecule has 1 N–H and O–H groups in total. The number of aliphatic hydroxyl groups is 1. The number of aryl methyl sites for hydroxylation is 2. The van der Waals surface area contributed by atoms with Crippen molar-refractivity contribution >= 4 is 23.2 Å². The van der Waals surface area contributed by atoms with Crippen LogP contribution < -0.4 is 14.2 Å². The molecule has 200 valence electrons. The normalized spacial score (nSPS) is 18.4. The van der Waals surface area contributed by atoms with Crippen molar-refractivity contribution in [3.05, 3.63) is 70.0 Å². The van der Waals surface area contributed by atoms with E-state index in [2.05, 4.69) is 16.1 Å². The third-order valence-electron chi connectivity index (χ3n) is 6.59. The second kappa shape index (κ2) is 12.9. The minimum absolute atomic E-state index is 0.221. The van der Waals surface area contributed by atoms with Crippen LogP contribution in [0.4, 0.5) is 0 Å². The third-order valence-corrected chi connectivity index (χ3v) is 7.33. The molecule has 0 saturated carbocycles. The van der Waals surface area contributed by atoms with Gasteiger partial charge in [-0.2, -0.15) is 5.10 Å². The molecule has 0 amide bonds. The molecule has 2 heterocycles. The maximum absolute atomic E-state index is 11.2. The zero-order valence-corrected chi connectivity index (χ0v) is 23.0. The maximum Gasteiger partial charge on any atom is 0.161 e. The van der Waals surface area contributed by atoms with Crippen LogP contribution in [0.3, 0.4) is 0 Å². The topological polar surface area (TPSA) is 69.0 Å². The molecule has 7 nitrogen and oxygen atoms in total. The molecule has 4 rings (SSSR count). The lowest BCUT2D eigenvalue weighted by atomic mass is 9.96. The van der Waals surface area contributed by atoms with Crippen LogP contribution in [0.15, 0.2) is 48.8 Å². The molecule has 0 aliphatic carbocycles. The predicted molar refractivity (Wildman–Crippen MR) is 146 cm³/mol. The first kappa shape index (κ1) is 27.6. The van der Waals surface area contributed by atoms with Crippen LogP contribution in [0.25, 0.3) is 0 Å². The van der Waals surface area contributed by atoms with Gasteiger partial charge in [0.25, 0.3) is 0 Å². The van der Waals surface area contributed by atoms with Crippen molar-refractivity contribution in [3.63, 3.8) is 0 Å². The fourth-order valence-electron chi connectivity index (χ4n) is 4.51. The largest absolute Gasteiger partial charge is 0.493 e. The minimum atomic E-state index is -0.884. The van der Waals surface area contributed by atoms with E-state index < -0.39 is 5.60 Å². The van der Waals surface area contributed by atoms with Gasteiger partial charge < -0.3 is 19.3 Å². The Morgan fingerprint density at radius 3 is 2.65 bits per heavy atom. The molecule has 9 heteroatoms. The van der Waals surface area contributed by atoms with E-state index in [0.29, 0.717) is 35.2 Å². The second-order valence-corrected chi connectivity index (χ2v) is 10.5. The Labute approximate surface area is 228 Å². The van der Waals surface area contributed by atoms with Crippen LogP contribution in [0, 0.1) is 6.92 Å². The van der Waals surface area contributed by atoms with Gasteiger partial charge in [0.2, 0.25) is 0 Å². The van der Waals surface area contributed by atoms with E-state index >= 15 is 0 Å². The molecular formula is C28H35Cl2N3O4. The zero-order valence-electron chi connectivity index (χ0n) is 21.5. The molecule has 2 aromatic carbocycles. The molecule has 1 aromatic heterocycles. The smallest absolute Gasteiger partial charge is 0.161 e. The molecule has 1 fully saturated rings. The van der Waals surface area contributed by atoms with Crippen molar-refractivity contribution in [3.8, 4) is 17.2 Å². The first-order chi connectivity index (χ1) is 17.8. The van der Waals surface area contributed by atoms with Gasteiger partial charge in [-0.15, -0.1) is 0 Å². The van der Waals surface area contributed by atoms with E-state index in [1.807, 2.05) is 36.1 Å². The molecule has 1 aliphatic rings. The summed E-state index contributed by atoms with van der Waals surface area (Å²) in [7, 11) is 1.67. The number of halogens is 2. The van der Waals surface area contributed by atoms with Gasteiger partial charge in [0.1, 0.15) is 12.4 Å². The quantitative estimate of drug-likeness (QED) is 0.307. The molecule has 1 saturated heterocycles. The Morgan fingerprint density at radius 2 is 1.89 bits per heavy atom. The van der Waals surface area contributed by atoms with Crippen LogP contribution >= 0.6 is 23.2 Å². The Morgan fingerprint density at radius 1 is 1.03 bits per heavy atom. The summed E-state index contributed by atoms with van der Waals surface area (Å²) in [5, 5.41) is 16.4. The lowest BCUT2D eigenvalue weighted by Crippen LogP contribution is -2.37. The molecule has 3 aromatic rings. The summed E-state index contributed by atoms with van der Waals surface area (Å²) < 4.78 is 19.4. The third kappa shape index (κ3) is 8.01. The number of hydrogen-bond acceptors (Lipinski definition) is 6. The summed E-state index contributed by atoms with van der Waals surface area (Å²) >= 11 is 12.1. The minimum Gasteiger partial charge on any atom is -0.493 e. The number of nitrogens with zero attached hydrogens (tertiary/aromatic N) is 3. The van der Waals surface area contributed by atoms with Crippen molar-refractivity contribution in [1.82, 2.24) is 14.7 Å². The number of ether oxygens (including phenoxy) is 3. The predicted octanol–water partition coefficient (Wildman–Crippen LogP) is 5.77. The highest BCUT2D eigenvalue weighted by Gasteiger charge is 2.31. The number of rotatable bonds is 11. The highest BCUT2D eigenvalue weighted by atomic mass is 35.5. The molecular weight excluding hydrogens is 513 g/mol. The van der Waals surface area contributed by atoms with E-state index in [1.54, 1.807) is 25.3 Å². The maximum atomic E-state index is 11.2. The van der Waals surface area contributed by atoms with E-state index in [4.69, 9.17) is 37.4 Å². The van der Waals surface area contributed by atoms with Gasteiger partial charge in [-0.3, -0.25) is 9.58 Å². The number of aromatic nitrogens is 2. The Balaban J connectivity index is 1.26. The number of hydrogen-bond donors (Lipinski definition) is 1. The van der Waals surface area contributed by atoms with Gasteiger partial charge >= 0.3 is 0 Å². The van der Waals surface area contributed by atoms with Crippen LogP contribution in [0.2, 0.25) is 10.0 Å². The summed E-state index contributed by atoms with van der Waals surface area (Å²) in [5.74, 6) is 2.08. The second-order valence-electron chi connectivity index (χ2n) is 9.69. The van der Waals surface area contributed by atoms with Crippen molar-refractivity contribution in [1.29, 1.82) is 0 Å². The van der Waals surface area contributed by atoms with Crippen LogP contribution in [0.5, 0.6) is 17.2 Å².